The van der Waals surface area contributed by atoms with E-state index in [2.05, 4.69) is 28.2 Å². The lowest BCUT2D eigenvalue weighted by Crippen LogP contribution is -2.27. The maximum Gasteiger partial charge on any atom is 0.290 e. The van der Waals surface area contributed by atoms with Crippen LogP contribution in [0.1, 0.15) is 6.92 Å². The Labute approximate surface area is 79.0 Å². The highest BCUT2D eigenvalue weighted by molar-refractivity contribution is 5.60. The van der Waals surface area contributed by atoms with Gasteiger partial charge in [-0.25, -0.2) is 0 Å². The van der Waals surface area contributed by atoms with Gasteiger partial charge in [-0.15, -0.1) is 0 Å². The first-order valence-corrected chi connectivity index (χ1v) is 3.19. The van der Waals surface area contributed by atoms with Crippen LogP contribution in [0, 0.1) is 0 Å². The number of rotatable bonds is 0. The highest BCUT2D eigenvalue weighted by Gasteiger charge is 1.88. The van der Waals surface area contributed by atoms with Gasteiger partial charge >= 0.3 is 0 Å². The molecule has 6 heteroatoms. The zero-order valence-corrected chi connectivity index (χ0v) is 8.90. The molecule has 6 nitrogen and oxygen atoms in total. The predicted octanol–water partition coefficient (Wildman–Crippen LogP) is -1.06. The summed E-state index contributed by atoms with van der Waals surface area (Å²) in [6.07, 6.45) is 0. The molecule has 0 aromatic carbocycles. The van der Waals surface area contributed by atoms with Gasteiger partial charge in [0.2, 0.25) is 0 Å². The molecule has 4 N–H and O–H groups in total. The van der Waals surface area contributed by atoms with Gasteiger partial charge in [-0.3, -0.25) is 4.79 Å². The maximum atomic E-state index is 8.89. The van der Waals surface area contributed by atoms with Crippen LogP contribution in [0.3, 0.4) is 0 Å². The van der Waals surface area contributed by atoms with Gasteiger partial charge in [-0.2, -0.15) is 0 Å². The molecular weight excluding hydrogens is 176 g/mol. The van der Waals surface area contributed by atoms with Crippen molar-refractivity contribution in [3.8, 4) is 0 Å². The van der Waals surface area contributed by atoms with Crippen molar-refractivity contribution in [2.24, 2.45) is 0 Å². The van der Waals surface area contributed by atoms with E-state index in [0.29, 0.717) is 0 Å². The minimum Gasteiger partial charge on any atom is -0.550 e. The molecule has 0 unspecified atom stereocenters. The highest BCUT2D eigenvalue weighted by atomic mass is 16.4. The molecule has 82 valence electrons. The highest BCUT2D eigenvalue weighted by Crippen LogP contribution is 1.73. The van der Waals surface area contributed by atoms with Crippen LogP contribution in [0.4, 0.5) is 0 Å². The first-order valence-electron chi connectivity index (χ1n) is 3.19. The molecule has 0 saturated heterocycles. The Morgan fingerprint density at radius 3 is 1.31 bits per heavy atom. The molecule has 0 aromatic rings. The summed E-state index contributed by atoms with van der Waals surface area (Å²) >= 11 is 0. The second-order valence-corrected chi connectivity index (χ2v) is 3.28. The quantitative estimate of drug-likeness (QED) is 0.379. The van der Waals surface area contributed by atoms with E-state index in [-0.39, 0.29) is 12.6 Å². The molecule has 0 bridgehead atoms. The van der Waals surface area contributed by atoms with Crippen LogP contribution in [0.15, 0.2) is 0 Å². The van der Waals surface area contributed by atoms with Crippen molar-refractivity contribution in [2.75, 3.05) is 28.2 Å². The fraction of sp³-hybridized carbons (Fsp3) is 0.714. The lowest BCUT2D eigenvalue weighted by atomic mass is 10.8. The van der Waals surface area contributed by atoms with Gasteiger partial charge < -0.3 is 25.6 Å². The average Bonchev–Trinajstić information content (AvgIpc) is 1.56. The molecule has 0 atom stereocenters. The van der Waals surface area contributed by atoms with Gasteiger partial charge in [-0.05, 0) is 6.92 Å². The van der Waals surface area contributed by atoms with Crippen molar-refractivity contribution < 1.29 is 24.3 Å². The van der Waals surface area contributed by atoms with Crippen LogP contribution < -0.4 is 11.3 Å². The third kappa shape index (κ3) is 656. The summed E-state index contributed by atoms with van der Waals surface area (Å²) < 4.78 is 1.00. The molecule has 0 aliphatic carbocycles. The van der Waals surface area contributed by atoms with Gasteiger partial charge in [-0.1, -0.05) is 0 Å². The molecule has 0 rings (SSSR count). The monoisotopic (exact) mass is 196 g/mol. The Balaban J connectivity index is -0.0000000465. The van der Waals surface area contributed by atoms with Crippen LogP contribution in [-0.2, 0) is 9.59 Å². The number of carboxylic acid groups (broad SMARTS) is 2. The number of hydrogen-bond acceptors (Lipinski definition) is 4. The number of aliphatic carboxylic acids is 1. The maximum absolute atomic E-state index is 8.89. The number of carboxylic acids is 1. The Hall–Kier alpha value is -1.14. The van der Waals surface area contributed by atoms with E-state index < -0.39 is 5.97 Å². The van der Waals surface area contributed by atoms with Crippen LogP contribution in [-0.4, -0.2) is 50.2 Å². The van der Waals surface area contributed by atoms with Crippen molar-refractivity contribution in [1.82, 2.24) is 6.15 Å². The van der Waals surface area contributed by atoms with Crippen LogP contribution in [0.25, 0.3) is 0 Å². The van der Waals surface area contributed by atoms with E-state index in [1.165, 1.54) is 0 Å². The van der Waals surface area contributed by atoms with E-state index in [1.54, 1.807) is 0 Å². The topological polar surface area (TPSA) is 112 Å². The van der Waals surface area contributed by atoms with E-state index >= 15 is 0 Å². The number of nitrogens with zero attached hydrogens (tertiary/aromatic N) is 1. The zero-order valence-electron chi connectivity index (χ0n) is 8.90. The van der Waals surface area contributed by atoms with E-state index in [9.17, 15) is 0 Å². The minimum absolute atomic E-state index is 0. The molecule has 0 saturated carbocycles. The fourth-order valence-corrected chi connectivity index (χ4v) is 0. The molecular formula is C7H20N2O4. The largest absolute Gasteiger partial charge is 0.550 e. The van der Waals surface area contributed by atoms with Gasteiger partial charge in [0.15, 0.2) is 0 Å². The second kappa shape index (κ2) is 13.4. The summed E-state index contributed by atoms with van der Waals surface area (Å²) in [5, 5.41) is 15.8. The molecule has 0 amide bonds. The number of hydrogen-bond donors (Lipinski definition) is 2. The summed E-state index contributed by atoms with van der Waals surface area (Å²) in [5.74, 6) is -1.08. The van der Waals surface area contributed by atoms with Gasteiger partial charge in [0.25, 0.3) is 6.47 Å². The van der Waals surface area contributed by atoms with E-state index in [1.807, 2.05) is 0 Å². The summed E-state index contributed by atoms with van der Waals surface area (Å²) in [4.78, 5) is 17.2. The molecule has 0 fully saturated rings. The van der Waals surface area contributed by atoms with Crippen molar-refractivity contribution in [3.05, 3.63) is 0 Å². The Morgan fingerprint density at radius 2 is 1.31 bits per heavy atom. The second-order valence-electron chi connectivity index (χ2n) is 3.28. The average molecular weight is 196 g/mol. The lowest BCUT2D eigenvalue weighted by molar-refractivity contribution is -0.849. The van der Waals surface area contributed by atoms with E-state index in [4.69, 9.17) is 19.8 Å². The predicted molar refractivity (Wildman–Crippen MR) is 48.4 cm³/mol. The smallest absolute Gasteiger partial charge is 0.290 e. The summed E-state index contributed by atoms with van der Waals surface area (Å²) in [5.41, 5.74) is 0. The molecule has 0 radical (unpaired) electrons. The fourth-order valence-electron chi connectivity index (χ4n) is 0. The van der Waals surface area contributed by atoms with Gasteiger partial charge in [0, 0.05) is 5.97 Å². The number of carbonyl (C=O) groups excluding carboxylic acids is 1. The van der Waals surface area contributed by atoms with Crippen LogP contribution in [0.2, 0.25) is 0 Å². The van der Waals surface area contributed by atoms with Crippen LogP contribution >= 0.6 is 0 Å². The SMILES string of the molecule is CC(=O)[O-].C[N+](C)(C)C.N.O=CO. The third-order valence-electron chi connectivity index (χ3n) is 0. The molecule has 0 heterocycles. The zero-order chi connectivity index (χ0) is 10.8. The van der Waals surface area contributed by atoms with Gasteiger partial charge in [0.05, 0.1) is 28.2 Å². The van der Waals surface area contributed by atoms with E-state index in [0.717, 1.165) is 11.4 Å². The van der Waals surface area contributed by atoms with Crippen molar-refractivity contribution in [3.63, 3.8) is 0 Å². The first-order chi connectivity index (χ1) is 5.15. The Morgan fingerprint density at radius 1 is 1.31 bits per heavy atom. The Kier molecular flexibility index (Phi) is 23.4. The summed E-state index contributed by atoms with van der Waals surface area (Å²) in [6, 6.07) is 0. The molecule has 0 aromatic heterocycles. The van der Waals surface area contributed by atoms with Crippen LogP contribution in [0.5, 0.6) is 0 Å². The van der Waals surface area contributed by atoms with Crippen molar-refractivity contribution in [2.45, 2.75) is 6.92 Å². The summed E-state index contributed by atoms with van der Waals surface area (Å²) in [6.45, 7) is 0.722. The normalized spacial score (nSPS) is 7.46. The lowest BCUT2D eigenvalue weighted by Gasteiger charge is -2.14. The van der Waals surface area contributed by atoms with Crippen molar-refractivity contribution in [1.29, 1.82) is 0 Å². The molecule has 13 heavy (non-hydrogen) atoms. The molecule has 0 spiro atoms. The third-order valence-corrected chi connectivity index (χ3v) is 0. The molecule has 0 aliphatic rings. The van der Waals surface area contributed by atoms with Gasteiger partial charge in [0.1, 0.15) is 0 Å². The summed E-state index contributed by atoms with van der Waals surface area (Å²) in [7, 11) is 8.50. The Bertz CT molecular complexity index is 110. The number of quaternary nitrogens is 1. The number of carbonyl (C=O) groups is 2. The first kappa shape index (κ1) is 22.6. The molecule has 0 aliphatic heterocycles. The minimum atomic E-state index is -1.08. The standard InChI is InChI=1S/C4H12N.C2H4O2.CH2O2.H3N/c1-5(2,3)4;1-2(3)4;2-1-3;/h1-4H3;1H3,(H,3,4);1H,(H,2,3);1H3/q+1;;;/p-1. The van der Waals surface area contributed by atoms with Crippen molar-refractivity contribution >= 4 is 12.4 Å².